The fraction of sp³-hybridized carbons (Fsp3) is 0.625. The fourth-order valence-electron chi connectivity index (χ4n) is 1.44. The number of aliphatic hydroxyl groups is 1. The van der Waals surface area contributed by atoms with Crippen molar-refractivity contribution in [3.63, 3.8) is 0 Å². The number of hydrogen-bond donors (Lipinski definition) is 1. The minimum atomic E-state index is -0.112. The summed E-state index contributed by atoms with van der Waals surface area (Å²) in [5.74, 6) is 0. The van der Waals surface area contributed by atoms with Crippen molar-refractivity contribution < 1.29 is 5.11 Å². The summed E-state index contributed by atoms with van der Waals surface area (Å²) in [5, 5.41) is 11.9. The third kappa shape index (κ3) is 1.81. The molecule has 0 aromatic carbocycles. The molecule has 66 valence electrons. The third-order valence-corrected chi connectivity index (χ3v) is 4.38. The van der Waals surface area contributed by atoms with Gasteiger partial charge in [0.15, 0.2) is 0 Å². The van der Waals surface area contributed by atoms with Crippen LogP contribution in [0.15, 0.2) is 15.9 Å². The predicted octanol–water partition coefficient (Wildman–Crippen LogP) is 2.15. The molecule has 1 aliphatic carbocycles. The lowest BCUT2D eigenvalue weighted by molar-refractivity contribution is 0.188. The van der Waals surface area contributed by atoms with Crippen molar-refractivity contribution in [3.8, 4) is 0 Å². The monoisotopic (exact) mass is 201 g/mol. The maximum atomic E-state index is 9.54. The molecule has 2 rings (SSSR count). The Hall–Kier alpha value is -0.0600. The van der Waals surface area contributed by atoms with Gasteiger partial charge in [-0.2, -0.15) is 0 Å². The highest BCUT2D eigenvalue weighted by molar-refractivity contribution is 8.01. The molecule has 2 atom stereocenters. The number of thiazole rings is 1. The molecule has 0 amide bonds. The van der Waals surface area contributed by atoms with E-state index in [0.29, 0.717) is 5.25 Å². The van der Waals surface area contributed by atoms with Crippen molar-refractivity contribution >= 4 is 23.1 Å². The van der Waals surface area contributed by atoms with Crippen LogP contribution in [0.25, 0.3) is 0 Å². The zero-order valence-corrected chi connectivity index (χ0v) is 8.27. The van der Waals surface area contributed by atoms with Crippen LogP contribution in [-0.2, 0) is 0 Å². The minimum Gasteiger partial charge on any atom is -0.392 e. The lowest BCUT2D eigenvalue weighted by atomic mass is 10.3. The fourth-order valence-corrected chi connectivity index (χ4v) is 3.52. The van der Waals surface area contributed by atoms with Crippen molar-refractivity contribution in [1.29, 1.82) is 0 Å². The van der Waals surface area contributed by atoms with Gasteiger partial charge in [0.05, 0.1) is 6.10 Å². The Balaban J connectivity index is 1.95. The molecule has 2 nitrogen and oxygen atoms in total. The second-order valence-electron chi connectivity index (χ2n) is 2.95. The van der Waals surface area contributed by atoms with Gasteiger partial charge in [0.1, 0.15) is 4.34 Å². The lowest BCUT2D eigenvalue weighted by Crippen LogP contribution is -2.14. The number of nitrogens with zero attached hydrogens (tertiary/aromatic N) is 1. The van der Waals surface area contributed by atoms with E-state index in [1.54, 1.807) is 23.1 Å². The van der Waals surface area contributed by atoms with Crippen molar-refractivity contribution in [2.75, 3.05) is 0 Å². The standard InChI is InChI=1S/C8H11NOS2/c10-6-2-1-3-7(6)12-8-9-4-5-11-8/h4-7,10H,1-3H2. The van der Waals surface area contributed by atoms with Gasteiger partial charge < -0.3 is 5.11 Å². The minimum absolute atomic E-state index is 0.112. The van der Waals surface area contributed by atoms with E-state index in [4.69, 9.17) is 0 Å². The van der Waals surface area contributed by atoms with Crippen molar-refractivity contribution in [1.82, 2.24) is 4.98 Å². The van der Waals surface area contributed by atoms with Crippen molar-refractivity contribution in [2.45, 2.75) is 35.0 Å². The molecule has 1 aliphatic rings. The first-order chi connectivity index (χ1) is 5.86. The number of thioether (sulfide) groups is 1. The summed E-state index contributed by atoms with van der Waals surface area (Å²) < 4.78 is 1.08. The maximum absolute atomic E-state index is 9.54. The van der Waals surface area contributed by atoms with Crippen LogP contribution < -0.4 is 0 Å². The van der Waals surface area contributed by atoms with Gasteiger partial charge >= 0.3 is 0 Å². The molecule has 1 fully saturated rings. The van der Waals surface area contributed by atoms with E-state index in [0.717, 1.165) is 23.6 Å². The molecule has 1 aromatic rings. The Labute approximate surface area is 80.0 Å². The van der Waals surface area contributed by atoms with E-state index in [1.807, 2.05) is 11.6 Å². The molecule has 0 aliphatic heterocycles. The molecule has 1 saturated carbocycles. The van der Waals surface area contributed by atoms with E-state index in [-0.39, 0.29) is 6.10 Å². The summed E-state index contributed by atoms with van der Waals surface area (Å²) in [6.45, 7) is 0. The molecule has 2 unspecified atom stereocenters. The average Bonchev–Trinajstić information content (AvgIpc) is 2.65. The SMILES string of the molecule is OC1CCCC1Sc1nccs1. The van der Waals surface area contributed by atoms with Gasteiger partial charge in [0, 0.05) is 16.8 Å². The molecule has 0 spiro atoms. The highest BCUT2D eigenvalue weighted by Crippen LogP contribution is 2.35. The molecule has 1 heterocycles. The summed E-state index contributed by atoms with van der Waals surface area (Å²) in [7, 11) is 0. The largest absolute Gasteiger partial charge is 0.392 e. The number of aliphatic hydroxyl groups excluding tert-OH is 1. The van der Waals surface area contributed by atoms with Gasteiger partial charge in [-0.1, -0.05) is 11.8 Å². The van der Waals surface area contributed by atoms with E-state index in [9.17, 15) is 5.11 Å². The van der Waals surface area contributed by atoms with Crippen molar-refractivity contribution in [2.24, 2.45) is 0 Å². The maximum Gasteiger partial charge on any atom is 0.150 e. The zero-order chi connectivity index (χ0) is 8.39. The normalized spacial score (nSPS) is 29.4. The van der Waals surface area contributed by atoms with Crippen LogP contribution in [0.5, 0.6) is 0 Å². The highest BCUT2D eigenvalue weighted by atomic mass is 32.2. The molecule has 1 aromatic heterocycles. The second-order valence-corrected chi connectivity index (χ2v) is 5.33. The molecule has 0 saturated heterocycles. The van der Waals surface area contributed by atoms with Gasteiger partial charge in [0.25, 0.3) is 0 Å². The number of hydrogen-bond acceptors (Lipinski definition) is 4. The summed E-state index contributed by atoms with van der Waals surface area (Å²) in [6.07, 6.45) is 4.95. The topological polar surface area (TPSA) is 33.1 Å². The molecular weight excluding hydrogens is 190 g/mol. The molecule has 0 radical (unpaired) electrons. The summed E-state index contributed by atoms with van der Waals surface area (Å²) in [4.78, 5) is 4.18. The van der Waals surface area contributed by atoms with Gasteiger partial charge in [-0.15, -0.1) is 11.3 Å². The van der Waals surface area contributed by atoms with Crippen LogP contribution in [0.2, 0.25) is 0 Å². The quantitative estimate of drug-likeness (QED) is 0.796. The average molecular weight is 201 g/mol. The summed E-state index contributed by atoms with van der Waals surface area (Å²) in [6, 6.07) is 0. The summed E-state index contributed by atoms with van der Waals surface area (Å²) >= 11 is 3.38. The Morgan fingerprint density at radius 2 is 2.50 bits per heavy atom. The Kier molecular flexibility index (Phi) is 2.68. The third-order valence-electron chi connectivity index (χ3n) is 2.08. The van der Waals surface area contributed by atoms with Gasteiger partial charge in [-0.05, 0) is 19.3 Å². The summed E-state index contributed by atoms with van der Waals surface area (Å²) in [5.41, 5.74) is 0. The zero-order valence-electron chi connectivity index (χ0n) is 6.64. The van der Waals surface area contributed by atoms with Crippen LogP contribution in [-0.4, -0.2) is 21.4 Å². The smallest absolute Gasteiger partial charge is 0.150 e. The van der Waals surface area contributed by atoms with E-state index >= 15 is 0 Å². The highest BCUT2D eigenvalue weighted by Gasteiger charge is 2.26. The lowest BCUT2D eigenvalue weighted by Gasteiger charge is -2.10. The Morgan fingerprint density at radius 3 is 3.08 bits per heavy atom. The first-order valence-corrected chi connectivity index (χ1v) is 5.86. The van der Waals surface area contributed by atoms with E-state index in [2.05, 4.69) is 4.98 Å². The van der Waals surface area contributed by atoms with Gasteiger partial charge in [0.2, 0.25) is 0 Å². The van der Waals surface area contributed by atoms with E-state index in [1.165, 1.54) is 0 Å². The predicted molar refractivity (Wildman–Crippen MR) is 51.6 cm³/mol. The second kappa shape index (κ2) is 3.77. The first-order valence-electron chi connectivity index (χ1n) is 4.10. The molecule has 1 N–H and O–H groups in total. The molecule has 4 heteroatoms. The number of aromatic nitrogens is 1. The van der Waals surface area contributed by atoms with Crippen LogP contribution in [0.4, 0.5) is 0 Å². The van der Waals surface area contributed by atoms with Crippen LogP contribution in [0.1, 0.15) is 19.3 Å². The number of rotatable bonds is 2. The Morgan fingerprint density at radius 1 is 1.58 bits per heavy atom. The molecular formula is C8H11NOS2. The van der Waals surface area contributed by atoms with Crippen LogP contribution in [0, 0.1) is 0 Å². The van der Waals surface area contributed by atoms with Crippen LogP contribution in [0.3, 0.4) is 0 Å². The molecule has 0 bridgehead atoms. The molecule has 12 heavy (non-hydrogen) atoms. The van der Waals surface area contributed by atoms with E-state index < -0.39 is 0 Å². The first kappa shape index (κ1) is 8.53. The van der Waals surface area contributed by atoms with Gasteiger partial charge in [-0.25, -0.2) is 4.98 Å². The van der Waals surface area contributed by atoms with Crippen LogP contribution >= 0.6 is 23.1 Å². The van der Waals surface area contributed by atoms with Crippen molar-refractivity contribution in [3.05, 3.63) is 11.6 Å². The Bertz CT molecular complexity index is 237. The van der Waals surface area contributed by atoms with Gasteiger partial charge in [-0.3, -0.25) is 0 Å².